The Morgan fingerprint density at radius 1 is 1.37 bits per heavy atom. The second-order valence-electron chi connectivity index (χ2n) is 4.56. The highest BCUT2D eigenvalue weighted by Gasteiger charge is 2.30. The number of rotatable bonds is 4. The van der Waals surface area contributed by atoms with Crippen LogP contribution >= 0.6 is 0 Å². The van der Waals surface area contributed by atoms with Crippen LogP contribution in [-0.2, 0) is 16.4 Å². The highest BCUT2D eigenvalue weighted by atomic mass is 32.2. The predicted octanol–water partition coefficient (Wildman–Crippen LogP) is 1.25. The number of hydrogen-bond donors (Lipinski definition) is 1. The van der Waals surface area contributed by atoms with Gasteiger partial charge in [-0.2, -0.15) is 0 Å². The van der Waals surface area contributed by atoms with E-state index in [1.165, 1.54) is 12.1 Å². The maximum absolute atomic E-state index is 13.7. The summed E-state index contributed by atoms with van der Waals surface area (Å²) in [5.74, 6) is -2.31. The Morgan fingerprint density at radius 3 is 2.47 bits per heavy atom. The molecule has 1 aromatic carbocycles. The number of sulfone groups is 1. The Balaban J connectivity index is 2.17. The van der Waals surface area contributed by atoms with E-state index in [9.17, 15) is 17.2 Å². The van der Waals surface area contributed by atoms with E-state index < -0.39 is 33.3 Å². The molecule has 19 heavy (non-hydrogen) atoms. The van der Waals surface area contributed by atoms with Gasteiger partial charge in [-0.3, -0.25) is 0 Å². The van der Waals surface area contributed by atoms with Gasteiger partial charge in [0.25, 0.3) is 0 Å². The van der Waals surface area contributed by atoms with Crippen LogP contribution in [0.25, 0.3) is 0 Å². The van der Waals surface area contributed by atoms with Gasteiger partial charge in [0.05, 0.1) is 11.5 Å². The van der Waals surface area contributed by atoms with E-state index in [4.69, 9.17) is 4.74 Å². The van der Waals surface area contributed by atoms with E-state index in [1.54, 1.807) is 7.05 Å². The maximum atomic E-state index is 13.7. The first-order valence-electron chi connectivity index (χ1n) is 5.91. The normalized spacial score (nSPS) is 21.5. The third-order valence-electron chi connectivity index (χ3n) is 2.91. The molecule has 0 bridgehead atoms. The van der Waals surface area contributed by atoms with Crippen molar-refractivity contribution in [3.63, 3.8) is 0 Å². The Kier molecular flexibility index (Phi) is 4.05. The van der Waals surface area contributed by atoms with Crippen LogP contribution in [0.1, 0.15) is 12.0 Å². The molecule has 1 N–H and O–H groups in total. The van der Waals surface area contributed by atoms with Crippen molar-refractivity contribution in [2.24, 2.45) is 0 Å². The highest BCUT2D eigenvalue weighted by molar-refractivity contribution is 7.91. The summed E-state index contributed by atoms with van der Waals surface area (Å²) in [4.78, 5) is 0. The first kappa shape index (κ1) is 14.2. The summed E-state index contributed by atoms with van der Waals surface area (Å²) in [5, 5.41) is 2.79. The minimum atomic E-state index is -3.14. The molecular weight excluding hydrogens is 276 g/mol. The molecule has 1 heterocycles. The van der Waals surface area contributed by atoms with Crippen molar-refractivity contribution in [3.05, 3.63) is 29.3 Å². The minimum absolute atomic E-state index is 0.00125. The fourth-order valence-electron chi connectivity index (χ4n) is 2.05. The van der Waals surface area contributed by atoms with E-state index >= 15 is 0 Å². The minimum Gasteiger partial charge on any atom is -0.483 e. The fraction of sp³-hybridized carbons (Fsp3) is 0.500. The molecule has 4 nitrogen and oxygen atoms in total. The van der Waals surface area contributed by atoms with Gasteiger partial charge in [0.2, 0.25) is 0 Å². The second-order valence-corrected chi connectivity index (χ2v) is 6.79. The molecule has 1 saturated heterocycles. The molecule has 0 aliphatic carbocycles. The van der Waals surface area contributed by atoms with E-state index in [1.807, 2.05) is 0 Å². The average molecular weight is 291 g/mol. The SMILES string of the molecule is CNCc1cc(F)c(OC2CCS(=O)(=O)C2)c(F)c1. The number of halogens is 2. The third-order valence-corrected chi connectivity index (χ3v) is 4.65. The van der Waals surface area contributed by atoms with Crippen LogP contribution in [0, 0.1) is 11.6 Å². The Hall–Kier alpha value is -1.21. The molecule has 0 aromatic heterocycles. The van der Waals surface area contributed by atoms with Gasteiger partial charge in [-0.15, -0.1) is 0 Å². The maximum Gasteiger partial charge on any atom is 0.191 e. The predicted molar refractivity (Wildman–Crippen MR) is 66.8 cm³/mol. The lowest BCUT2D eigenvalue weighted by molar-refractivity contribution is 0.207. The van der Waals surface area contributed by atoms with Gasteiger partial charge in [-0.05, 0) is 31.2 Å². The largest absolute Gasteiger partial charge is 0.483 e. The molecular formula is C12H15F2NO3S. The fourth-order valence-corrected chi connectivity index (χ4v) is 3.64. The summed E-state index contributed by atoms with van der Waals surface area (Å²) in [6, 6.07) is 2.36. The van der Waals surface area contributed by atoms with Crippen molar-refractivity contribution in [2.75, 3.05) is 18.6 Å². The molecule has 106 valence electrons. The standard InChI is InChI=1S/C12H15F2NO3S/c1-15-6-8-4-10(13)12(11(14)5-8)18-9-2-3-19(16,17)7-9/h4-5,9,15H,2-3,6-7H2,1H3. The molecule has 0 amide bonds. The smallest absolute Gasteiger partial charge is 0.191 e. The topological polar surface area (TPSA) is 55.4 Å². The zero-order chi connectivity index (χ0) is 14.0. The average Bonchev–Trinajstić information content (AvgIpc) is 2.64. The van der Waals surface area contributed by atoms with E-state index in [-0.39, 0.29) is 17.9 Å². The van der Waals surface area contributed by atoms with E-state index in [2.05, 4.69) is 5.32 Å². The monoisotopic (exact) mass is 291 g/mol. The van der Waals surface area contributed by atoms with Crippen LogP contribution in [0.4, 0.5) is 8.78 Å². The first-order valence-corrected chi connectivity index (χ1v) is 7.73. The molecule has 1 unspecified atom stereocenters. The number of nitrogens with one attached hydrogen (secondary N) is 1. The summed E-state index contributed by atoms with van der Waals surface area (Å²) in [5.41, 5.74) is 0.462. The molecule has 0 radical (unpaired) electrons. The molecule has 1 aliphatic rings. The molecule has 0 spiro atoms. The lowest BCUT2D eigenvalue weighted by Gasteiger charge is -2.14. The van der Waals surface area contributed by atoms with Crippen molar-refractivity contribution >= 4 is 9.84 Å². The van der Waals surface area contributed by atoms with Gasteiger partial charge in [-0.25, -0.2) is 17.2 Å². The van der Waals surface area contributed by atoms with E-state index in [0.29, 0.717) is 12.1 Å². The first-order chi connectivity index (χ1) is 8.91. The number of hydrogen-bond acceptors (Lipinski definition) is 4. The van der Waals surface area contributed by atoms with Gasteiger partial charge in [-0.1, -0.05) is 0 Å². The van der Waals surface area contributed by atoms with Crippen LogP contribution in [0.3, 0.4) is 0 Å². The van der Waals surface area contributed by atoms with Gasteiger partial charge in [0.15, 0.2) is 27.2 Å². The van der Waals surface area contributed by atoms with Gasteiger partial charge >= 0.3 is 0 Å². The summed E-state index contributed by atoms with van der Waals surface area (Å²) < 4.78 is 55.2. The Bertz CT molecular complexity index is 551. The Morgan fingerprint density at radius 2 is 2.00 bits per heavy atom. The quantitative estimate of drug-likeness (QED) is 0.907. The molecule has 1 aliphatic heterocycles. The van der Waals surface area contributed by atoms with Crippen LogP contribution in [0.15, 0.2) is 12.1 Å². The van der Waals surface area contributed by atoms with Gasteiger partial charge in [0, 0.05) is 6.54 Å². The number of ether oxygens (including phenoxy) is 1. The van der Waals surface area contributed by atoms with Crippen LogP contribution < -0.4 is 10.1 Å². The van der Waals surface area contributed by atoms with Crippen molar-refractivity contribution in [3.8, 4) is 5.75 Å². The molecule has 1 aromatic rings. The summed E-state index contributed by atoms with van der Waals surface area (Å²) in [6.45, 7) is 0.339. The van der Waals surface area contributed by atoms with Crippen molar-refractivity contribution < 1.29 is 21.9 Å². The molecule has 7 heteroatoms. The van der Waals surface area contributed by atoms with Gasteiger partial charge < -0.3 is 10.1 Å². The van der Waals surface area contributed by atoms with Gasteiger partial charge in [0.1, 0.15) is 6.10 Å². The summed E-state index contributed by atoms with van der Waals surface area (Å²) >= 11 is 0. The van der Waals surface area contributed by atoms with Crippen LogP contribution in [0.2, 0.25) is 0 Å². The second kappa shape index (κ2) is 5.42. The van der Waals surface area contributed by atoms with E-state index in [0.717, 1.165) is 0 Å². The third kappa shape index (κ3) is 3.42. The zero-order valence-corrected chi connectivity index (χ0v) is 11.3. The molecule has 1 fully saturated rings. The molecule has 0 saturated carbocycles. The Labute approximate surface area is 110 Å². The van der Waals surface area contributed by atoms with Crippen molar-refractivity contribution in [1.29, 1.82) is 0 Å². The molecule has 1 atom stereocenters. The number of benzene rings is 1. The molecule has 2 rings (SSSR count). The summed E-state index contributed by atoms with van der Waals surface area (Å²) in [6.07, 6.45) is -0.413. The lowest BCUT2D eigenvalue weighted by atomic mass is 10.2. The zero-order valence-electron chi connectivity index (χ0n) is 10.4. The van der Waals surface area contributed by atoms with Crippen molar-refractivity contribution in [2.45, 2.75) is 19.1 Å². The van der Waals surface area contributed by atoms with Crippen molar-refractivity contribution in [1.82, 2.24) is 5.32 Å². The summed E-state index contributed by atoms with van der Waals surface area (Å²) in [7, 11) is -1.47. The van der Waals surface area contributed by atoms with Crippen LogP contribution in [-0.4, -0.2) is 33.1 Å². The van der Waals surface area contributed by atoms with Crippen LogP contribution in [0.5, 0.6) is 5.75 Å². The highest BCUT2D eigenvalue weighted by Crippen LogP contribution is 2.27. The lowest BCUT2D eigenvalue weighted by Crippen LogP contribution is -2.19.